The Hall–Kier alpha value is -1.36. The Balaban J connectivity index is 2.24. The molecule has 1 aliphatic rings. The molecule has 0 saturated carbocycles. The van der Waals surface area contributed by atoms with E-state index >= 15 is 0 Å². The molecule has 0 spiro atoms. The van der Waals surface area contributed by atoms with Gasteiger partial charge in [0.15, 0.2) is 0 Å². The first-order chi connectivity index (χ1) is 7.83. The van der Waals surface area contributed by atoms with Crippen LogP contribution in [0.15, 0.2) is 6.07 Å². The molecule has 1 aromatic rings. The predicted octanol–water partition coefficient (Wildman–Crippen LogP) is 1.26. The van der Waals surface area contributed by atoms with Crippen molar-refractivity contribution >= 4 is 11.8 Å². The second-order valence-corrected chi connectivity index (χ2v) is 3.92. The summed E-state index contributed by atoms with van der Waals surface area (Å²) in [6, 6.07) is 1.92. The second kappa shape index (κ2) is 5.12. The van der Waals surface area contributed by atoms with Crippen molar-refractivity contribution in [3.63, 3.8) is 0 Å². The third-order valence-corrected chi connectivity index (χ3v) is 2.70. The molecule has 0 bridgehead atoms. The predicted molar refractivity (Wildman–Crippen MR) is 63.7 cm³/mol. The van der Waals surface area contributed by atoms with Gasteiger partial charge in [-0.2, -0.15) is 4.98 Å². The molecule has 1 fully saturated rings. The maximum absolute atomic E-state index is 5.11. The van der Waals surface area contributed by atoms with Crippen LogP contribution < -0.4 is 10.2 Å². The topological polar surface area (TPSA) is 50.3 Å². The van der Waals surface area contributed by atoms with E-state index in [2.05, 4.69) is 20.2 Å². The normalized spacial score (nSPS) is 15.5. The quantitative estimate of drug-likeness (QED) is 0.831. The smallest absolute Gasteiger partial charge is 0.227 e. The summed E-state index contributed by atoms with van der Waals surface area (Å²) in [6.07, 6.45) is 2.46. The van der Waals surface area contributed by atoms with Crippen molar-refractivity contribution in [2.45, 2.75) is 19.4 Å². The minimum atomic E-state index is 0.526. The van der Waals surface area contributed by atoms with Gasteiger partial charge in [-0.3, -0.25) is 0 Å². The Labute approximate surface area is 95.8 Å². The van der Waals surface area contributed by atoms with Gasteiger partial charge in [-0.15, -0.1) is 0 Å². The number of nitrogens with zero attached hydrogens (tertiary/aromatic N) is 3. The van der Waals surface area contributed by atoms with Crippen LogP contribution in [0.1, 0.15) is 18.5 Å². The maximum atomic E-state index is 5.11. The molecule has 2 heterocycles. The molecule has 1 aliphatic heterocycles. The Morgan fingerprint density at radius 1 is 1.38 bits per heavy atom. The standard InChI is InChI=1S/C11H18N4O/c1-12-10-7-9(8-16-2)13-11(14-10)15-5-3-4-6-15/h7H,3-6,8H2,1-2H3,(H,12,13,14). The number of methoxy groups -OCH3 is 1. The molecule has 2 rings (SSSR count). The van der Waals surface area contributed by atoms with Crippen LogP contribution >= 0.6 is 0 Å². The lowest BCUT2D eigenvalue weighted by Crippen LogP contribution is -2.21. The van der Waals surface area contributed by atoms with Crippen LogP contribution in [0.4, 0.5) is 11.8 Å². The van der Waals surface area contributed by atoms with E-state index in [1.807, 2.05) is 13.1 Å². The highest BCUT2D eigenvalue weighted by atomic mass is 16.5. The summed E-state index contributed by atoms with van der Waals surface area (Å²) in [6.45, 7) is 2.64. The first kappa shape index (κ1) is 11.1. The van der Waals surface area contributed by atoms with Gasteiger partial charge in [0.05, 0.1) is 12.3 Å². The zero-order valence-electron chi connectivity index (χ0n) is 9.86. The van der Waals surface area contributed by atoms with E-state index in [4.69, 9.17) is 4.74 Å². The monoisotopic (exact) mass is 222 g/mol. The number of rotatable bonds is 4. The van der Waals surface area contributed by atoms with Gasteiger partial charge in [0.2, 0.25) is 5.95 Å². The fraction of sp³-hybridized carbons (Fsp3) is 0.636. The van der Waals surface area contributed by atoms with E-state index in [-0.39, 0.29) is 0 Å². The maximum Gasteiger partial charge on any atom is 0.227 e. The van der Waals surface area contributed by atoms with Crippen molar-refractivity contribution in [2.24, 2.45) is 0 Å². The van der Waals surface area contributed by atoms with E-state index < -0.39 is 0 Å². The Bertz CT molecular complexity index is 350. The number of anilines is 2. The first-order valence-electron chi connectivity index (χ1n) is 5.63. The van der Waals surface area contributed by atoms with Crippen LogP contribution in [-0.4, -0.2) is 37.2 Å². The van der Waals surface area contributed by atoms with Gasteiger partial charge in [0.1, 0.15) is 5.82 Å². The Kier molecular flexibility index (Phi) is 3.56. The number of nitrogens with one attached hydrogen (secondary N) is 1. The Morgan fingerprint density at radius 3 is 2.75 bits per heavy atom. The molecule has 0 atom stereocenters. The average Bonchev–Trinajstić information content (AvgIpc) is 2.82. The molecule has 0 amide bonds. The largest absolute Gasteiger partial charge is 0.378 e. The lowest BCUT2D eigenvalue weighted by Gasteiger charge is -2.16. The first-order valence-corrected chi connectivity index (χ1v) is 5.63. The van der Waals surface area contributed by atoms with E-state index in [1.165, 1.54) is 12.8 Å². The van der Waals surface area contributed by atoms with Crippen molar-refractivity contribution in [1.82, 2.24) is 9.97 Å². The van der Waals surface area contributed by atoms with Crippen LogP contribution in [0, 0.1) is 0 Å². The minimum Gasteiger partial charge on any atom is -0.378 e. The summed E-state index contributed by atoms with van der Waals surface area (Å²) in [5, 5.41) is 3.06. The van der Waals surface area contributed by atoms with Gasteiger partial charge in [-0.25, -0.2) is 4.98 Å². The third kappa shape index (κ3) is 2.41. The molecule has 0 aromatic carbocycles. The summed E-state index contributed by atoms with van der Waals surface area (Å²) in [5.74, 6) is 1.67. The molecule has 5 heteroatoms. The van der Waals surface area contributed by atoms with Crippen molar-refractivity contribution < 1.29 is 4.74 Å². The van der Waals surface area contributed by atoms with Crippen LogP contribution in [0.5, 0.6) is 0 Å². The molecular weight excluding hydrogens is 204 g/mol. The molecule has 16 heavy (non-hydrogen) atoms. The molecule has 88 valence electrons. The summed E-state index contributed by atoms with van der Waals surface area (Å²) in [5.41, 5.74) is 0.920. The molecule has 0 unspecified atom stereocenters. The van der Waals surface area contributed by atoms with Crippen LogP contribution in [0.2, 0.25) is 0 Å². The van der Waals surface area contributed by atoms with Gasteiger partial charge < -0.3 is 15.0 Å². The van der Waals surface area contributed by atoms with E-state index in [0.29, 0.717) is 6.61 Å². The SMILES string of the molecule is CNc1cc(COC)nc(N2CCCC2)n1. The minimum absolute atomic E-state index is 0.526. The van der Waals surface area contributed by atoms with Crippen molar-refractivity contribution in [3.05, 3.63) is 11.8 Å². The fourth-order valence-corrected chi connectivity index (χ4v) is 1.89. The third-order valence-electron chi connectivity index (χ3n) is 2.70. The summed E-state index contributed by atoms with van der Waals surface area (Å²) >= 11 is 0. The van der Waals surface area contributed by atoms with Crippen LogP contribution in [-0.2, 0) is 11.3 Å². The van der Waals surface area contributed by atoms with E-state index in [1.54, 1.807) is 7.11 Å². The van der Waals surface area contributed by atoms with Gasteiger partial charge >= 0.3 is 0 Å². The summed E-state index contributed by atoms with van der Waals surface area (Å²) in [7, 11) is 3.55. The number of aromatic nitrogens is 2. The van der Waals surface area contributed by atoms with Crippen molar-refractivity contribution in [1.29, 1.82) is 0 Å². The Morgan fingerprint density at radius 2 is 2.12 bits per heavy atom. The number of hydrogen-bond donors (Lipinski definition) is 1. The van der Waals surface area contributed by atoms with Gasteiger partial charge in [-0.1, -0.05) is 0 Å². The lowest BCUT2D eigenvalue weighted by atomic mass is 10.4. The summed E-state index contributed by atoms with van der Waals surface area (Å²) in [4.78, 5) is 11.2. The molecule has 1 saturated heterocycles. The van der Waals surface area contributed by atoms with E-state index in [0.717, 1.165) is 30.5 Å². The number of ether oxygens (including phenoxy) is 1. The fourth-order valence-electron chi connectivity index (χ4n) is 1.89. The van der Waals surface area contributed by atoms with Crippen molar-refractivity contribution in [3.8, 4) is 0 Å². The molecule has 0 aliphatic carbocycles. The zero-order valence-corrected chi connectivity index (χ0v) is 9.86. The average molecular weight is 222 g/mol. The molecule has 1 N–H and O–H groups in total. The van der Waals surface area contributed by atoms with E-state index in [9.17, 15) is 0 Å². The molecular formula is C11H18N4O. The number of hydrogen-bond acceptors (Lipinski definition) is 5. The van der Waals surface area contributed by atoms with Crippen LogP contribution in [0.3, 0.4) is 0 Å². The highest BCUT2D eigenvalue weighted by molar-refractivity contribution is 5.43. The molecule has 1 aromatic heterocycles. The van der Waals surface area contributed by atoms with Gasteiger partial charge in [-0.05, 0) is 12.8 Å². The highest BCUT2D eigenvalue weighted by Crippen LogP contribution is 2.18. The zero-order chi connectivity index (χ0) is 11.4. The van der Waals surface area contributed by atoms with Gasteiger partial charge in [0, 0.05) is 33.3 Å². The highest BCUT2D eigenvalue weighted by Gasteiger charge is 2.16. The summed E-state index contributed by atoms with van der Waals surface area (Å²) < 4.78 is 5.11. The second-order valence-electron chi connectivity index (χ2n) is 3.92. The molecule has 5 nitrogen and oxygen atoms in total. The van der Waals surface area contributed by atoms with Crippen molar-refractivity contribution in [2.75, 3.05) is 37.5 Å². The van der Waals surface area contributed by atoms with Crippen LogP contribution in [0.25, 0.3) is 0 Å². The molecule has 0 radical (unpaired) electrons. The van der Waals surface area contributed by atoms with Gasteiger partial charge in [0.25, 0.3) is 0 Å². The lowest BCUT2D eigenvalue weighted by molar-refractivity contribution is 0.181.